The van der Waals surface area contributed by atoms with E-state index in [2.05, 4.69) is 6.58 Å². The first kappa shape index (κ1) is 15.4. The fourth-order valence-electron chi connectivity index (χ4n) is 1.52. The minimum absolute atomic E-state index is 0.00145. The Hall–Kier alpha value is -1.65. The Bertz CT molecular complexity index is 410. The van der Waals surface area contributed by atoms with E-state index in [9.17, 15) is 15.0 Å². The number of benzene rings is 1. The molecule has 1 rings (SSSR count). The van der Waals surface area contributed by atoms with Crippen LogP contribution >= 0.6 is 0 Å². The van der Waals surface area contributed by atoms with Crippen molar-refractivity contribution in [3.05, 3.63) is 42.0 Å². The van der Waals surface area contributed by atoms with Gasteiger partial charge in [0.15, 0.2) is 0 Å². The van der Waals surface area contributed by atoms with Gasteiger partial charge in [0.1, 0.15) is 6.61 Å². The molecule has 4 heteroatoms. The minimum Gasteiger partial charge on any atom is -0.461 e. The third-order valence-corrected chi connectivity index (χ3v) is 3.31. The molecule has 0 spiro atoms. The number of aliphatic hydroxyl groups excluding tert-OH is 2. The quantitative estimate of drug-likeness (QED) is 0.738. The zero-order chi connectivity index (χ0) is 14.3. The Morgan fingerprint density at radius 1 is 1.32 bits per heavy atom. The molecule has 0 radical (unpaired) electrons. The molecule has 0 aliphatic heterocycles. The second kappa shape index (κ2) is 7.07. The summed E-state index contributed by atoms with van der Waals surface area (Å²) in [5.74, 6) is -0.463. The summed E-state index contributed by atoms with van der Waals surface area (Å²) in [5.41, 5.74) is 0.591. The van der Waals surface area contributed by atoms with Crippen molar-refractivity contribution in [3.63, 3.8) is 0 Å². The summed E-state index contributed by atoms with van der Waals surface area (Å²) in [4.78, 5) is 11.8. The lowest BCUT2D eigenvalue weighted by Gasteiger charge is -2.27. The number of rotatable bonds is 7. The molecule has 0 atom stereocenters. The van der Waals surface area contributed by atoms with Crippen molar-refractivity contribution in [2.75, 3.05) is 19.8 Å². The number of carbonyl (C=O) groups excluding carboxylic acids is 1. The van der Waals surface area contributed by atoms with Crippen molar-refractivity contribution >= 4 is 12.0 Å². The fraction of sp³-hybridized carbons (Fsp3) is 0.400. The summed E-state index contributed by atoms with van der Waals surface area (Å²) in [6.07, 6.45) is 2.22. The Morgan fingerprint density at radius 2 is 1.89 bits per heavy atom. The van der Waals surface area contributed by atoms with Crippen LogP contribution in [0.2, 0.25) is 0 Å². The second-order valence-electron chi connectivity index (χ2n) is 4.57. The number of carbonyl (C=O) groups is 1. The largest absolute Gasteiger partial charge is 0.461 e. The average molecular weight is 264 g/mol. The van der Waals surface area contributed by atoms with Crippen LogP contribution in [0.1, 0.15) is 29.3 Å². The van der Waals surface area contributed by atoms with Crippen molar-refractivity contribution in [1.29, 1.82) is 0 Å². The molecule has 19 heavy (non-hydrogen) atoms. The third-order valence-electron chi connectivity index (χ3n) is 3.31. The van der Waals surface area contributed by atoms with Crippen LogP contribution in [-0.4, -0.2) is 36.0 Å². The van der Waals surface area contributed by atoms with E-state index in [4.69, 9.17) is 4.74 Å². The van der Waals surface area contributed by atoms with E-state index in [0.717, 1.165) is 5.56 Å². The predicted molar refractivity (Wildman–Crippen MR) is 73.7 cm³/mol. The molecule has 104 valence electrons. The van der Waals surface area contributed by atoms with Gasteiger partial charge in [-0.1, -0.05) is 31.7 Å². The topological polar surface area (TPSA) is 66.8 Å². The van der Waals surface area contributed by atoms with Crippen LogP contribution in [0.25, 0.3) is 6.08 Å². The highest BCUT2D eigenvalue weighted by Gasteiger charge is 2.28. The SMILES string of the molecule is C=Cc1ccc(C(=O)OCC(CC)(CO)CO)cc1. The molecule has 0 bridgehead atoms. The Morgan fingerprint density at radius 3 is 2.32 bits per heavy atom. The number of hydrogen-bond acceptors (Lipinski definition) is 4. The molecule has 0 aliphatic rings. The average Bonchev–Trinajstić information content (AvgIpc) is 2.49. The highest BCUT2D eigenvalue weighted by atomic mass is 16.5. The van der Waals surface area contributed by atoms with E-state index < -0.39 is 11.4 Å². The van der Waals surface area contributed by atoms with Crippen LogP contribution < -0.4 is 0 Å². The van der Waals surface area contributed by atoms with E-state index in [1.54, 1.807) is 30.3 Å². The number of aliphatic hydroxyl groups is 2. The lowest BCUT2D eigenvalue weighted by molar-refractivity contribution is -0.0176. The van der Waals surface area contributed by atoms with Gasteiger partial charge in [-0.15, -0.1) is 0 Å². The lowest BCUT2D eigenvalue weighted by atomic mass is 9.88. The zero-order valence-electron chi connectivity index (χ0n) is 11.1. The van der Waals surface area contributed by atoms with E-state index in [0.29, 0.717) is 12.0 Å². The molecule has 0 heterocycles. The molecule has 2 N–H and O–H groups in total. The molecule has 4 nitrogen and oxygen atoms in total. The van der Waals surface area contributed by atoms with Gasteiger partial charge in [0, 0.05) is 0 Å². The smallest absolute Gasteiger partial charge is 0.338 e. The van der Waals surface area contributed by atoms with Gasteiger partial charge in [0.2, 0.25) is 0 Å². The first-order chi connectivity index (χ1) is 9.10. The summed E-state index contributed by atoms with van der Waals surface area (Å²) in [6.45, 7) is 5.03. The van der Waals surface area contributed by atoms with Crippen molar-refractivity contribution < 1.29 is 19.7 Å². The molecule has 0 saturated carbocycles. The van der Waals surface area contributed by atoms with Gasteiger partial charge in [-0.05, 0) is 24.1 Å². The Kier molecular flexibility index (Phi) is 5.73. The molecule has 1 aromatic carbocycles. The van der Waals surface area contributed by atoms with Crippen molar-refractivity contribution in [1.82, 2.24) is 0 Å². The zero-order valence-corrected chi connectivity index (χ0v) is 11.1. The first-order valence-corrected chi connectivity index (χ1v) is 6.22. The highest BCUT2D eigenvalue weighted by molar-refractivity contribution is 5.89. The van der Waals surface area contributed by atoms with Gasteiger partial charge in [-0.2, -0.15) is 0 Å². The fourth-order valence-corrected chi connectivity index (χ4v) is 1.52. The minimum atomic E-state index is -0.767. The summed E-state index contributed by atoms with van der Waals surface area (Å²) in [7, 11) is 0. The van der Waals surface area contributed by atoms with E-state index in [1.165, 1.54) is 0 Å². The number of ether oxygens (including phenoxy) is 1. The van der Waals surface area contributed by atoms with Crippen LogP contribution in [0.3, 0.4) is 0 Å². The summed E-state index contributed by atoms with van der Waals surface area (Å²) < 4.78 is 5.15. The maximum absolute atomic E-state index is 11.8. The van der Waals surface area contributed by atoms with Crippen LogP contribution in [-0.2, 0) is 4.74 Å². The van der Waals surface area contributed by atoms with Gasteiger partial charge in [-0.3, -0.25) is 0 Å². The molecule has 0 fully saturated rings. The second-order valence-corrected chi connectivity index (χ2v) is 4.57. The first-order valence-electron chi connectivity index (χ1n) is 6.22. The van der Waals surface area contributed by atoms with Gasteiger partial charge >= 0.3 is 5.97 Å². The van der Waals surface area contributed by atoms with Crippen molar-refractivity contribution in [2.45, 2.75) is 13.3 Å². The molecule has 0 saturated heterocycles. The molecule has 0 aromatic heterocycles. The molecular weight excluding hydrogens is 244 g/mol. The summed E-state index contributed by atoms with van der Waals surface area (Å²) >= 11 is 0. The van der Waals surface area contributed by atoms with Gasteiger partial charge in [0.25, 0.3) is 0 Å². The molecule has 0 amide bonds. The maximum Gasteiger partial charge on any atom is 0.338 e. The van der Waals surface area contributed by atoms with Crippen molar-refractivity contribution in [2.24, 2.45) is 5.41 Å². The van der Waals surface area contributed by atoms with Gasteiger partial charge in [0.05, 0.1) is 24.2 Å². The Balaban J connectivity index is 2.66. The highest BCUT2D eigenvalue weighted by Crippen LogP contribution is 2.21. The molecule has 1 aromatic rings. The summed E-state index contributed by atoms with van der Waals surface area (Å²) in [6, 6.07) is 6.86. The predicted octanol–water partition coefficient (Wildman–Crippen LogP) is 1.87. The maximum atomic E-state index is 11.8. The molecule has 0 aliphatic carbocycles. The Labute approximate surface area is 113 Å². The van der Waals surface area contributed by atoms with Crippen LogP contribution in [0, 0.1) is 5.41 Å². The van der Waals surface area contributed by atoms with Crippen LogP contribution in [0.15, 0.2) is 30.8 Å². The van der Waals surface area contributed by atoms with Crippen LogP contribution in [0.5, 0.6) is 0 Å². The number of esters is 1. The van der Waals surface area contributed by atoms with Gasteiger partial charge in [-0.25, -0.2) is 4.79 Å². The monoisotopic (exact) mass is 264 g/mol. The van der Waals surface area contributed by atoms with E-state index >= 15 is 0 Å². The van der Waals surface area contributed by atoms with E-state index in [-0.39, 0.29) is 19.8 Å². The number of hydrogen-bond donors (Lipinski definition) is 2. The standard InChI is InChI=1S/C15H20O4/c1-3-12-5-7-13(8-6-12)14(18)19-11-15(4-2,9-16)10-17/h3,5-8,16-17H,1,4,9-11H2,2H3. The molecular formula is C15H20O4. The van der Waals surface area contributed by atoms with E-state index in [1.807, 2.05) is 6.92 Å². The molecule has 0 unspecified atom stereocenters. The van der Waals surface area contributed by atoms with Crippen LogP contribution in [0.4, 0.5) is 0 Å². The normalized spacial score (nSPS) is 11.1. The lowest BCUT2D eigenvalue weighted by Crippen LogP contribution is -2.35. The van der Waals surface area contributed by atoms with Crippen molar-refractivity contribution in [3.8, 4) is 0 Å². The summed E-state index contributed by atoms with van der Waals surface area (Å²) in [5, 5.41) is 18.5. The third kappa shape index (κ3) is 3.91. The van der Waals surface area contributed by atoms with Gasteiger partial charge < -0.3 is 14.9 Å².